The van der Waals surface area contributed by atoms with Gasteiger partial charge >= 0.3 is 0 Å². The van der Waals surface area contributed by atoms with Crippen LogP contribution in [0.1, 0.15) is 5.56 Å². The van der Waals surface area contributed by atoms with E-state index in [1.807, 2.05) is 0 Å². The van der Waals surface area contributed by atoms with Crippen LogP contribution in [0.25, 0.3) is 0 Å². The summed E-state index contributed by atoms with van der Waals surface area (Å²) in [7, 11) is 0. The van der Waals surface area contributed by atoms with Gasteiger partial charge in [-0.3, -0.25) is 0 Å². The molecule has 4 heteroatoms. The molecule has 0 saturated carbocycles. The van der Waals surface area contributed by atoms with Gasteiger partial charge < -0.3 is 15.9 Å². The first kappa shape index (κ1) is 11.1. The molecule has 0 aliphatic carbocycles. The van der Waals surface area contributed by atoms with Crippen molar-refractivity contribution in [2.75, 3.05) is 6.54 Å². The van der Waals surface area contributed by atoms with E-state index < -0.39 is 0 Å². The SMILES string of the molecule is Cl.NCC[13c]1ccc(O)c(O)c1. The Morgan fingerprint density at radius 3 is 2.33 bits per heavy atom. The van der Waals surface area contributed by atoms with Gasteiger partial charge in [0.25, 0.3) is 0 Å². The van der Waals surface area contributed by atoms with Crippen molar-refractivity contribution in [3.8, 4) is 11.5 Å². The maximum Gasteiger partial charge on any atom is 0.157 e. The van der Waals surface area contributed by atoms with Gasteiger partial charge in [-0.25, -0.2) is 0 Å². The molecule has 0 aliphatic rings. The van der Waals surface area contributed by atoms with Crippen LogP contribution < -0.4 is 5.73 Å². The lowest BCUT2D eigenvalue weighted by Gasteiger charge is -2.00. The van der Waals surface area contributed by atoms with Crippen molar-refractivity contribution in [3.05, 3.63) is 23.8 Å². The van der Waals surface area contributed by atoms with Crippen LogP contribution in [0, 0.1) is 0 Å². The quantitative estimate of drug-likeness (QED) is 0.610. The third-order valence-electron chi connectivity index (χ3n) is 1.47. The molecule has 4 N–H and O–H groups in total. The number of rotatable bonds is 2. The van der Waals surface area contributed by atoms with Crippen LogP contribution in [0.2, 0.25) is 0 Å². The lowest BCUT2D eigenvalue weighted by atomic mass is 10.3. The third kappa shape index (κ3) is 2.60. The van der Waals surface area contributed by atoms with Gasteiger partial charge in [0.1, 0.15) is 0 Å². The highest BCUT2D eigenvalue weighted by atomic mass is 35.5. The molecular weight excluding hydrogens is 179 g/mol. The van der Waals surface area contributed by atoms with E-state index in [9.17, 15) is 0 Å². The second-order valence-electron chi connectivity index (χ2n) is 2.36. The summed E-state index contributed by atoms with van der Waals surface area (Å²) in [6, 6.07) is 4.71. The van der Waals surface area contributed by atoms with Gasteiger partial charge in [0.05, 0.1) is 0 Å². The predicted molar refractivity (Wildman–Crippen MR) is 49.8 cm³/mol. The summed E-state index contributed by atoms with van der Waals surface area (Å²) < 4.78 is 0. The van der Waals surface area contributed by atoms with Crippen LogP contribution in [0.3, 0.4) is 0 Å². The topological polar surface area (TPSA) is 66.5 Å². The summed E-state index contributed by atoms with van der Waals surface area (Å²) >= 11 is 0. The summed E-state index contributed by atoms with van der Waals surface area (Å²) in [6.45, 7) is 0.546. The number of hydrogen-bond donors (Lipinski definition) is 3. The van der Waals surface area contributed by atoms with Crippen LogP contribution in [0.4, 0.5) is 0 Å². The van der Waals surface area contributed by atoms with Crippen molar-refractivity contribution in [1.82, 2.24) is 0 Å². The van der Waals surface area contributed by atoms with Gasteiger partial charge in [-0.1, -0.05) is 6.07 Å². The molecule has 0 amide bonds. The van der Waals surface area contributed by atoms with Gasteiger partial charge in [0.2, 0.25) is 0 Å². The largest absolute Gasteiger partial charge is 0.504 e. The Kier molecular flexibility index (Phi) is 4.47. The van der Waals surface area contributed by atoms with Crippen molar-refractivity contribution in [2.45, 2.75) is 6.42 Å². The van der Waals surface area contributed by atoms with E-state index in [4.69, 9.17) is 15.9 Å². The molecule has 0 unspecified atom stereocenters. The van der Waals surface area contributed by atoms with Gasteiger partial charge in [0.15, 0.2) is 11.5 Å². The fraction of sp³-hybridized carbons (Fsp3) is 0.250. The Hall–Kier alpha value is -0.930. The maximum atomic E-state index is 9.04. The highest BCUT2D eigenvalue weighted by Gasteiger charge is 1.98. The zero-order valence-corrected chi connectivity index (χ0v) is 7.34. The van der Waals surface area contributed by atoms with Crippen LogP contribution in [-0.4, -0.2) is 16.8 Å². The second-order valence-corrected chi connectivity index (χ2v) is 2.36. The molecule has 0 aliphatic heterocycles. The normalized spacial score (nSPS) is 9.08. The van der Waals surface area contributed by atoms with Crippen molar-refractivity contribution >= 4 is 12.4 Å². The lowest BCUT2D eigenvalue weighted by Crippen LogP contribution is -2.02. The molecule has 3 nitrogen and oxygen atoms in total. The average Bonchev–Trinajstić information content (AvgIpc) is 1.98. The summed E-state index contributed by atoms with van der Waals surface area (Å²) in [4.78, 5) is 0. The second kappa shape index (κ2) is 4.85. The van der Waals surface area contributed by atoms with E-state index >= 15 is 0 Å². The first-order valence-corrected chi connectivity index (χ1v) is 3.45. The Labute approximate surface area is 77.2 Å². The number of phenolic OH excluding ortho intramolecular Hbond substituents is 2. The van der Waals surface area contributed by atoms with Gasteiger partial charge in [-0.15, -0.1) is 12.4 Å². The van der Waals surface area contributed by atoms with E-state index in [1.165, 1.54) is 12.1 Å². The number of nitrogens with two attached hydrogens (primary N) is 1. The molecule has 0 aromatic heterocycles. The number of aromatic hydroxyl groups is 2. The van der Waals surface area contributed by atoms with E-state index in [0.29, 0.717) is 13.0 Å². The average molecular weight is 191 g/mol. The monoisotopic (exact) mass is 190 g/mol. The lowest BCUT2D eigenvalue weighted by molar-refractivity contribution is 0.403. The highest BCUT2D eigenvalue weighted by Crippen LogP contribution is 2.24. The molecule has 1 rings (SSSR count). The summed E-state index contributed by atoms with van der Waals surface area (Å²) in [5.74, 6) is -0.179. The predicted octanol–water partition coefficient (Wildman–Crippen LogP) is 1.02. The molecule has 0 saturated heterocycles. The van der Waals surface area contributed by atoms with Gasteiger partial charge in [0, 0.05) is 0 Å². The van der Waals surface area contributed by atoms with E-state index in [0.717, 1.165) is 5.56 Å². The van der Waals surface area contributed by atoms with Crippen molar-refractivity contribution < 1.29 is 10.2 Å². The first-order valence-electron chi connectivity index (χ1n) is 3.45. The summed E-state index contributed by atoms with van der Waals surface area (Å²) in [5.41, 5.74) is 6.24. The third-order valence-corrected chi connectivity index (χ3v) is 1.47. The van der Waals surface area contributed by atoms with Crippen molar-refractivity contribution in [1.29, 1.82) is 0 Å². The maximum absolute atomic E-state index is 9.04. The van der Waals surface area contributed by atoms with Crippen molar-refractivity contribution in [2.24, 2.45) is 5.73 Å². The Balaban J connectivity index is 0.00000121. The van der Waals surface area contributed by atoms with E-state index in [2.05, 4.69) is 0 Å². The number of phenols is 2. The molecule has 0 heterocycles. The fourth-order valence-corrected chi connectivity index (χ4v) is 0.891. The molecule has 1 aromatic carbocycles. The number of benzene rings is 1. The number of hydrogen-bond acceptors (Lipinski definition) is 3. The molecular formula is C8H12ClNO2. The van der Waals surface area contributed by atoms with Crippen LogP contribution >= 0.6 is 12.4 Å². The molecule has 0 bridgehead atoms. The Bertz CT molecular complexity index is 253. The molecule has 0 fully saturated rings. The van der Waals surface area contributed by atoms with Gasteiger partial charge in [-0.05, 0) is 30.7 Å². The molecule has 68 valence electrons. The molecule has 0 atom stereocenters. The minimum Gasteiger partial charge on any atom is -0.504 e. The highest BCUT2D eigenvalue weighted by molar-refractivity contribution is 5.85. The summed E-state index contributed by atoms with van der Waals surface area (Å²) in [5, 5.41) is 18.0. The molecule has 0 radical (unpaired) electrons. The van der Waals surface area contributed by atoms with Crippen LogP contribution in [-0.2, 0) is 6.42 Å². The fourth-order valence-electron chi connectivity index (χ4n) is 0.891. The Morgan fingerprint density at radius 2 is 1.83 bits per heavy atom. The minimum absolute atomic E-state index is 0. The zero-order valence-electron chi connectivity index (χ0n) is 6.53. The van der Waals surface area contributed by atoms with Crippen molar-refractivity contribution in [3.63, 3.8) is 0 Å². The smallest absolute Gasteiger partial charge is 0.157 e. The minimum atomic E-state index is -0.0919. The zero-order chi connectivity index (χ0) is 8.27. The first-order chi connectivity index (χ1) is 5.24. The van der Waals surface area contributed by atoms with Gasteiger partial charge in [-0.2, -0.15) is 0 Å². The van der Waals surface area contributed by atoms with E-state index in [1.54, 1.807) is 6.07 Å². The molecule has 12 heavy (non-hydrogen) atoms. The molecule has 1 aromatic rings. The Morgan fingerprint density at radius 1 is 1.17 bits per heavy atom. The number of halogens is 1. The molecule has 0 spiro atoms. The summed E-state index contributed by atoms with van der Waals surface area (Å²) in [6.07, 6.45) is 0.716. The van der Waals surface area contributed by atoms with E-state index in [-0.39, 0.29) is 23.9 Å². The standard InChI is InChI=1S/C8H11NO2.ClH/c9-4-3-6-1-2-7(10)8(11)5-6;/h1-2,5,10-11H,3-4,9H2;1H/i6+1;. The van der Waals surface area contributed by atoms with Crippen LogP contribution in [0.15, 0.2) is 18.2 Å². The van der Waals surface area contributed by atoms with Crippen LogP contribution in [0.5, 0.6) is 11.5 Å².